The average Bonchev–Trinajstić information content (AvgIpc) is 2.32. The fourth-order valence-electron chi connectivity index (χ4n) is 1.71. The Morgan fingerprint density at radius 3 is 2.26 bits per heavy atom. The van der Waals surface area contributed by atoms with Crippen LogP contribution < -0.4 is 10.5 Å². The van der Waals surface area contributed by atoms with Gasteiger partial charge in [-0.15, -0.1) is 0 Å². The Bertz CT molecular complexity index is 384. The van der Waals surface area contributed by atoms with E-state index in [0.717, 1.165) is 12.8 Å². The van der Waals surface area contributed by atoms with Crippen LogP contribution >= 0.6 is 0 Å². The maximum atomic E-state index is 13.8. The molecule has 0 aliphatic carbocycles. The first-order valence-electron chi connectivity index (χ1n) is 6.80. The number of hydrogen-bond acceptors (Lipinski definition) is 2. The van der Waals surface area contributed by atoms with E-state index in [9.17, 15) is 8.78 Å². The summed E-state index contributed by atoms with van der Waals surface area (Å²) < 4.78 is 32.8. The lowest BCUT2D eigenvalue weighted by atomic mass is 10.0. The third kappa shape index (κ3) is 5.15. The van der Waals surface area contributed by atoms with Crippen LogP contribution in [0.2, 0.25) is 0 Å². The van der Waals surface area contributed by atoms with Gasteiger partial charge in [0.2, 0.25) is 0 Å². The largest absolute Gasteiger partial charge is 0.488 e. The number of benzene rings is 1. The van der Waals surface area contributed by atoms with E-state index in [1.54, 1.807) is 0 Å². The zero-order chi connectivity index (χ0) is 14.4. The summed E-state index contributed by atoms with van der Waals surface area (Å²) in [7, 11) is 0. The Morgan fingerprint density at radius 2 is 1.79 bits per heavy atom. The lowest BCUT2D eigenvalue weighted by Crippen LogP contribution is -2.21. The molecule has 0 aromatic heterocycles. The molecule has 0 amide bonds. The van der Waals surface area contributed by atoms with Crippen molar-refractivity contribution in [1.29, 1.82) is 0 Å². The second kappa shape index (κ2) is 7.43. The molecule has 1 atom stereocenters. The normalized spacial score (nSPS) is 12.8. The molecule has 2 nitrogen and oxygen atoms in total. The quantitative estimate of drug-likeness (QED) is 0.821. The maximum Gasteiger partial charge on any atom is 0.190 e. The number of nitrogens with two attached hydrogens (primary N) is 1. The van der Waals surface area contributed by atoms with Crippen LogP contribution in [0.5, 0.6) is 5.75 Å². The van der Waals surface area contributed by atoms with E-state index >= 15 is 0 Å². The smallest absolute Gasteiger partial charge is 0.190 e. The van der Waals surface area contributed by atoms with Crippen molar-refractivity contribution < 1.29 is 13.5 Å². The van der Waals surface area contributed by atoms with Crippen molar-refractivity contribution in [2.24, 2.45) is 11.7 Å². The second-order valence-electron chi connectivity index (χ2n) is 5.29. The monoisotopic (exact) mass is 271 g/mol. The first kappa shape index (κ1) is 15.9. The Labute approximate surface area is 114 Å². The molecule has 0 bridgehead atoms. The van der Waals surface area contributed by atoms with Gasteiger partial charge in [-0.25, -0.2) is 8.78 Å². The predicted octanol–water partition coefficient (Wildman–Crippen LogP) is 3.67. The van der Waals surface area contributed by atoms with Gasteiger partial charge in [0.1, 0.15) is 0 Å². The zero-order valence-corrected chi connectivity index (χ0v) is 11.9. The predicted molar refractivity (Wildman–Crippen MR) is 73.3 cm³/mol. The van der Waals surface area contributed by atoms with Crippen molar-refractivity contribution in [3.63, 3.8) is 0 Å². The summed E-state index contributed by atoms with van der Waals surface area (Å²) in [6, 6.07) is 2.54. The SMILES string of the molecule is CCC(N)Cc1cc(F)c(OCCC(C)C)c(F)c1. The minimum atomic E-state index is -0.651. The molecule has 1 aromatic rings. The van der Waals surface area contributed by atoms with Gasteiger partial charge in [-0.2, -0.15) is 0 Å². The number of rotatable bonds is 7. The Hall–Kier alpha value is -1.16. The lowest BCUT2D eigenvalue weighted by Gasteiger charge is -2.13. The van der Waals surface area contributed by atoms with E-state index < -0.39 is 11.6 Å². The van der Waals surface area contributed by atoms with Crippen LogP contribution in [0.4, 0.5) is 8.78 Å². The number of ether oxygens (including phenoxy) is 1. The van der Waals surface area contributed by atoms with E-state index in [1.165, 1.54) is 12.1 Å². The molecule has 4 heteroatoms. The molecule has 0 aliphatic heterocycles. The molecule has 1 rings (SSSR count). The summed E-state index contributed by atoms with van der Waals surface area (Å²) >= 11 is 0. The lowest BCUT2D eigenvalue weighted by molar-refractivity contribution is 0.263. The van der Waals surface area contributed by atoms with Gasteiger partial charge in [-0.3, -0.25) is 0 Å². The van der Waals surface area contributed by atoms with E-state index in [2.05, 4.69) is 0 Å². The van der Waals surface area contributed by atoms with Gasteiger partial charge in [0.25, 0.3) is 0 Å². The molecule has 0 fully saturated rings. The van der Waals surface area contributed by atoms with Crippen molar-refractivity contribution in [3.8, 4) is 5.75 Å². The Balaban J connectivity index is 2.74. The summed E-state index contributed by atoms with van der Waals surface area (Å²) in [6.45, 7) is 6.33. The third-order valence-electron chi connectivity index (χ3n) is 3.02. The topological polar surface area (TPSA) is 35.2 Å². The van der Waals surface area contributed by atoms with E-state index in [4.69, 9.17) is 10.5 Å². The molecule has 19 heavy (non-hydrogen) atoms. The van der Waals surface area contributed by atoms with Crippen molar-refractivity contribution in [2.45, 2.75) is 46.1 Å². The molecule has 0 aliphatic rings. The maximum absolute atomic E-state index is 13.8. The van der Waals surface area contributed by atoms with Crippen LogP contribution in [-0.2, 0) is 6.42 Å². The van der Waals surface area contributed by atoms with Gasteiger partial charge >= 0.3 is 0 Å². The number of halogens is 2. The van der Waals surface area contributed by atoms with Crippen molar-refractivity contribution >= 4 is 0 Å². The molecule has 0 saturated carbocycles. The first-order valence-corrected chi connectivity index (χ1v) is 6.80. The zero-order valence-electron chi connectivity index (χ0n) is 11.9. The highest BCUT2D eigenvalue weighted by Crippen LogP contribution is 2.24. The molecule has 0 saturated heterocycles. The van der Waals surface area contributed by atoms with Gasteiger partial charge in [0.15, 0.2) is 17.4 Å². The van der Waals surface area contributed by atoms with Crippen LogP contribution in [0.25, 0.3) is 0 Å². The van der Waals surface area contributed by atoms with Crippen LogP contribution in [0.1, 0.15) is 39.2 Å². The Morgan fingerprint density at radius 1 is 1.21 bits per heavy atom. The summed E-state index contributed by atoms with van der Waals surface area (Å²) in [6.07, 6.45) is 2.01. The second-order valence-corrected chi connectivity index (χ2v) is 5.29. The van der Waals surface area contributed by atoms with Crippen molar-refractivity contribution in [2.75, 3.05) is 6.61 Å². The van der Waals surface area contributed by atoms with Crippen LogP contribution in [-0.4, -0.2) is 12.6 Å². The van der Waals surface area contributed by atoms with Gasteiger partial charge < -0.3 is 10.5 Å². The highest BCUT2D eigenvalue weighted by molar-refractivity contribution is 5.31. The average molecular weight is 271 g/mol. The molecule has 108 valence electrons. The minimum absolute atomic E-state index is 0.0773. The van der Waals surface area contributed by atoms with E-state index in [-0.39, 0.29) is 11.8 Å². The minimum Gasteiger partial charge on any atom is -0.488 e. The first-order chi connectivity index (χ1) is 8.93. The third-order valence-corrected chi connectivity index (χ3v) is 3.02. The van der Waals surface area contributed by atoms with Gasteiger partial charge in [0.05, 0.1) is 6.61 Å². The summed E-state index contributed by atoms with van der Waals surface area (Å²) in [5.41, 5.74) is 6.35. The van der Waals surface area contributed by atoms with E-state index in [1.807, 2.05) is 20.8 Å². The van der Waals surface area contributed by atoms with Gasteiger partial charge in [-0.05, 0) is 42.9 Å². The molecular weight excluding hydrogens is 248 g/mol. The molecule has 2 N–H and O–H groups in total. The number of hydrogen-bond donors (Lipinski definition) is 1. The highest BCUT2D eigenvalue weighted by atomic mass is 19.1. The molecule has 0 spiro atoms. The van der Waals surface area contributed by atoms with Crippen molar-refractivity contribution in [3.05, 3.63) is 29.3 Å². The summed E-state index contributed by atoms with van der Waals surface area (Å²) in [4.78, 5) is 0. The van der Waals surface area contributed by atoms with Gasteiger partial charge in [0, 0.05) is 6.04 Å². The van der Waals surface area contributed by atoms with E-state index in [0.29, 0.717) is 24.5 Å². The van der Waals surface area contributed by atoms with Gasteiger partial charge in [-0.1, -0.05) is 20.8 Å². The van der Waals surface area contributed by atoms with Crippen LogP contribution in [0.3, 0.4) is 0 Å². The molecule has 1 aromatic carbocycles. The molecule has 0 radical (unpaired) electrons. The fourth-order valence-corrected chi connectivity index (χ4v) is 1.71. The summed E-state index contributed by atoms with van der Waals surface area (Å²) in [5.74, 6) is -1.15. The standard InChI is InChI=1S/C15H23F2NO/c1-4-12(18)7-11-8-13(16)15(14(17)9-11)19-6-5-10(2)3/h8-10,12H,4-7,18H2,1-3H3. The molecule has 0 heterocycles. The molecule has 1 unspecified atom stereocenters. The molecular formula is C15H23F2NO. The highest BCUT2D eigenvalue weighted by Gasteiger charge is 2.14. The Kier molecular flexibility index (Phi) is 6.22. The van der Waals surface area contributed by atoms with Crippen molar-refractivity contribution in [1.82, 2.24) is 0 Å². The van der Waals surface area contributed by atoms with Crippen LogP contribution in [0, 0.1) is 17.6 Å². The summed E-state index contributed by atoms with van der Waals surface area (Å²) in [5, 5.41) is 0. The fraction of sp³-hybridized carbons (Fsp3) is 0.600. The van der Waals surface area contributed by atoms with Crippen LogP contribution in [0.15, 0.2) is 12.1 Å².